The van der Waals surface area contributed by atoms with Crippen molar-refractivity contribution < 1.29 is 9.59 Å². The molecule has 3 amide bonds. The highest BCUT2D eigenvalue weighted by Crippen LogP contribution is 2.25. The lowest BCUT2D eigenvalue weighted by molar-refractivity contribution is -0.121. The number of hydrogen-bond donors (Lipinski definition) is 2. The van der Waals surface area contributed by atoms with Gasteiger partial charge in [-0.15, -0.1) is 0 Å². The minimum atomic E-state index is -0.317. The molecule has 124 valence electrons. The molecule has 1 fully saturated rings. The van der Waals surface area contributed by atoms with E-state index in [0.29, 0.717) is 19.5 Å². The molecule has 23 heavy (non-hydrogen) atoms. The predicted octanol–water partition coefficient (Wildman–Crippen LogP) is 2.14. The monoisotopic (exact) mass is 315 g/mol. The summed E-state index contributed by atoms with van der Waals surface area (Å²) in [7, 11) is 0. The number of nitrogens with one attached hydrogen (secondary N) is 1. The quantitative estimate of drug-likeness (QED) is 0.896. The second kappa shape index (κ2) is 6.60. The van der Waals surface area contributed by atoms with Crippen molar-refractivity contribution in [3.63, 3.8) is 0 Å². The summed E-state index contributed by atoms with van der Waals surface area (Å²) in [5.74, 6) is -0.525. The molecule has 0 saturated carbocycles. The van der Waals surface area contributed by atoms with Crippen LogP contribution in [0.15, 0.2) is 18.2 Å². The fraction of sp³-hybridized carbons (Fsp3) is 0.556. The fourth-order valence-corrected chi connectivity index (χ4v) is 3.56. The Morgan fingerprint density at radius 2 is 2.00 bits per heavy atom. The van der Waals surface area contributed by atoms with Crippen LogP contribution >= 0.6 is 0 Å². The zero-order valence-electron chi connectivity index (χ0n) is 13.7. The van der Waals surface area contributed by atoms with Gasteiger partial charge in [0.25, 0.3) is 0 Å². The average Bonchev–Trinajstić information content (AvgIpc) is 3.04. The average molecular weight is 315 g/mol. The Hall–Kier alpha value is -2.04. The van der Waals surface area contributed by atoms with Gasteiger partial charge < -0.3 is 16.0 Å². The summed E-state index contributed by atoms with van der Waals surface area (Å²) in [5, 5.41) is 3.04. The van der Waals surface area contributed by atoms with Crippen LogP contribution in [-0.4, -0.2) is 29.9 Å². The summed E-state index contributed by atoms with van der Waals surface area (Å²) in [5.41, 5.74) is 9.33. The number of amides is 3. The molecular weight excluding hydrogens is 290 g/mol. The normalized spacial score (nSPS) is 21.6. The number of likely N-dealkylation sites (tertiary alicyclic amines) is 1. The largest absolute Gasteiger partial charge is 0.369 e. The van der Waals surface area contributed by atoms with Crippen molar-refractivity contribution in [2.45, 2.75) is 45.1 Å². The van der Waals surface area contributed by atoms with Crippen LogP contribution in [0.3, 0.4) is 0 Å². The molecule has 5 nitrogen and oxygen atoms in total. The Kier molecular flexibility index (Phi) is 4.55. The van der Waals surface area contributed by atoms with Crippen LogP contribution in [0.25, 0.3) is 0 Å². The lowest BCUT2D eigenvalue weighted by Crippen LogP contribution is -2.40. The Labute approximate surface area is 137 Å². The van der Waals surface area contributed by atoms with E-state index in [-0.39, 0.29) is 23.9 Å². The molecule has 0 spiro atoms. The van der Waals surface area contributed by atoms with Crippen molar-refractivity contribution in [2.24, 2.45) is 11.7 Å². The molecule has 0 aromatic heterocycles. The molecular formula is C18H25N3O2. The standard InChI is InChI=1S/C18H25N3O2/c1-12(14-7-6-13-4-2-3-5-15(13)10-14)20-18(23)21-9-8-16(11-21)17(19)22/h6-7,10,12,16H,2-5,8-9,11H2,1H3,(H2,19,22)(H,20,23). The molecule has 1 aromatic rings. The molecule has 2 atom stereocenters. The van der Waals surface area contributed by atoms with E-state index in [4.69, 9.17) is 5.73 Å². The number of hydrogen-bond acceptors (Lipinski definition) is 2. The van der Waals surface area contributed by atoms with Crippen LogP contribution in [0.1, 0.15) is 48.9 Å². The van der Waals surface area contributed by atoms with Crippen LogP contribution in [0.2, 0.25) is 0 Å². The molecule has 1 saturated heterocycles. The van der Waals surface area contributed by atoms with E-state index in [2.05, 4.69) is 23.5 Å². The number of urea groups is 1. The fourth-order valence-electron chi connectivity index (χ4n) is 3.56. The van der Waals surface area contributed by atoms with Gasteiger partial charge in [-0.05, 0) is 55.7 Å². The second-order valence-corrected chi connectivity index (χ2v) is 6.74. The van der Waals surface area contributed by atoms with Crippen molar-refractivity contribution in [1.29, 1.82) is 0 Å². The zero-order valence-corrected chi connectivity index (χ0v) is 13.7. The maximum atomic E-state index is 12.3. The first-order chi connectivity index (χ1) is 11.0. The van der Waals surface area contributed by atoms with Gasteiger partial charge in [-0.3, -0.25) is 4.79 Å². The molecule has 5 heteroatoms. The number of nitrogens with zero attached hydrogens (tertiary/aromatic N) is 1. The third-order valence-electron chi connectivity index (χ3n) is 5.09. The van der Waals surface area contributed by atoms with E-state index in [1.165, 1.54) is 30.4 Å². The number of carbonyl (C=O) groups excluding carboxylic acids is 2. The third kappa shape index (κ3) is 3.49. The SMILES string of the molecule is CC(NC(=O)N1CCC(C(N)=O)C1)c1ccc2c(c1)CCCC2. The van der Waals surface area contributed by atoms with E-state index in [1.54, 1.807) is 4.90 Å². The number of aryl methyl sites for hydroxylation is 2. The molecule has 0 radical (unpaired) electrons. The predicted molar refractivity (Wildman–Crippen MR) is 88.9 cm³/mol. The Bertz CT molecular complexity index is 614. The third-order valence-corrected chi connectivity index (χ3v) is 5.09. The number of fused-ring (bicyclic) bond motifs is 1. The minimum absolute atomic E-state index is 0.0395. The number of carbonyl (C=O) groups is 2. The number of rotatable bonds is 3. The zero-order chi connectivity index (χ0) is 16.4. The van der Waals surface area contributed by atoms with Crippen LogP contribution in [-0.2, 0) is 17.6 Å². The van der Waals surface area contributed by atoms with Crippen molar-refractivity contribution in [1.82, 2.24) is 10.2 Å². The van der Waals surface area contributed by atoms with Gasteiger partial charge in [0.1, 0.15) is 0 Å². The lowest BCUT2D eigenvalue weighted by atomic mass is 9.89. The van der Waals surface area contributed by atoms with Gasteiger partial charge >= 0.3 is 6.03 Å². The molecule has 1 aliphatic carbocycles. The maximum Gasteiger partial charge on any atom is 0.317 e. The smallest absolute Gasteiger partial charge is 0.317 e. The van der Waals surface area contributed by atoms with Crippen molar-refractivity contribution in [3.8, 4) is 0 Å². The van der Waals surface area contributed by atoms with Gasteiger partial charge in [0.2, 0.25) is 5.91 Å². The number of benzene rings is 1. The lowest BCUT2D eigenvalue weighted by Gasteiger charge is -2.23. The van der Waals surface area contributed by atoms with Crippen LogP contribution in [0, 0.1) is 5.92 Å². The highest BCUT2D eigenvalue weighted by Gasteiger charge is 2.30. The van der Waals surface area contributed by atoms with Crippen LogP contribution < -0.4 is 11.1 Å². The number of nitrogens with two attached hydrogens (primary N) is 1. The molecule has 2 unspecified atom stereocenters. The second-order valence-electron chi connectivity index (χ2n) is 6.74. The van der Waals surface area contributed by atoms with Gasteiger partial charge in [0.05, 0.1) is 12.0 Å². The molecule has 0 bridgehead atoms. The first-order valence-electron chi connectivity index (χ1n) is 8.51. The van der Waals surface area contributed by atoms with Gasteiger partial charge in [0, 0.05) is 13.1 Å². The molecule has 1 aliphatic heterocycles. The van der Waals surface area contributed by atoms with Crippen LogP contribution in [0.5, 0.6) is 0 Å². The maximum absolute atomic E-state index is 12.3. The summed E-state index contributed by atoms with van der Waals surface area (Å²) in [6.07, 6.45) is 5.49. The Morgan fingerprint density at radius 1 is 1.26 bits per heavy atom. The number of primary amides is 1. The van der Waals surface area contributed by atoms with E-state index < -0.39 is 0 Å². The minimum Gasteiger partial charge on any atom is -0.369 e. The molecule has 1 heterocycles. The summed E-state index contributed by atoms with van der Waals surface area (Å²) in [6, 6.07) is 6.40. The molecule has 1 aromatic carbocycles. The van der Waals surface area contributed by atoms with Crippen molar-refractivity contribution >= 4 is 11.9 Å². The summed E-state index contributed by atoms with van der Waals surface area (Å²) in [6.45, 7) is 3.03. The van der Waals surface area contributed by atoms with Gasteiger partial charge in [-0.2, -0.15) is 0 Å². The summed E-state index contributed by atoms with van der Waals surface area (Å²) < 4.78 is 0. The van der Waals surface area contributed by atoms with E-state index in [9.17, 15) is 9.59 Å². The van der Waals surface area contributed by atoms with Gasteiger partial charge in [-0.1, -0.05) is 18.2 Å². The first-order valence-corrected chi connectivity index (χ1v) is 8.51. The van der Waals surface area contributed by atoms with Crippen molar-refractivity contribution in [2.75, 3.05) is 13.1 Å². The topological polar surface area (TPSA) is 75.4 Å². The first kappa shape index (κ1) is 15.8. The van der Waals surface area contributed by atoms with E-state index >= 15 is 0 Å². The van der Waals surface area contributed by atoms with E-state index in [0.717, 1.165) is 12.0 Å². The molecule has 2 aliphatic rings. The molecule has 3 rings (SSSR count). The molecule has 3 N–H and O–H groups in total. The summed E-state index contributed by atoms with van der Waals surface area (Å²) >= 11 is 0. The Balaban J connectivity index is 1.61. The van der Waals surface area contributed by atoms with Crippen molar-refractivity contribution in [3.05, 3.63) is 34.9 Å². The van der Waals surface area contributed by atoms with Gasteiger partial charge in [-0.25, -0.2) is 4.79 Å². The van der Waals surface area contributed by atoms with Gasteiger partial charge in [0.15, 0.2) is 0 Å². The highest BCUT2D eigenvalue weighted by molar-refractivity contribution is 5.80. The van der Waals surface area contributed by atoms with Crippen LogP contribution in [0.4, 0.5) is 4.79 Å². The van der Waals surface area contributed by atoms with E-state index in [1.807, 2.05) is 6.92 Å². The highest BCUT2D eigenvalue weighted by atomic mass is 16.2. The summed E-state index contributed by atoms with van der Waals surface area (Å²) in [4.78, 5) is 25.2. The Morgan fingerprint density at radius 3 is 2.70 bits per heavy atom.